The Hall–Kier alpha value is -1.14. The molecule has 0 saturated heterocycles. The van der Waals surface area contributed by atoms with E-state index in [1.54, 1.807) is 0 Å². The van der Waals surface area contributed by atoms with Crippen LogP contribution in [0.25, 0.3) is 0 Å². The molecule has 0 radical (unpaired) electrons. The number of thioether (sulfide) groups is 1. The van der Waals surface area contributed by atoms with Gasteiger partial charge in [0.2, 0.25) is 0 Å². The lowest BCUT2D eigenvalue weighted by Gasteiger charge is -2.14. The number of halogens is 2. The first kappa shape index (κ1) is 16.9. The van der Waals surface area contributed by atoms with E-state index in [2.05, 4.69) is 5.32 Å². The molecule has 3 nitrogen and oxygen atoms in total. The summed E-state index contributed by atoms with van der Waals surface area (Å²) in [6.45, 7) is 4.20. The molecule has 2 N–H and O–H groups in total. The minimum Gasteiger partial charge on any atom is -0.393 e. The summed E-state index contributed by atoms with van der Waals surface area (Å²) in [5.74, 6) is -2.58. The fourth-order valence-electron chi connectivity index (χ4n) is 1.56. The smallest absolute Gasteiger partial charge is 0.288 e. The molecule has 0 spiro atoms. The van der Waals surface area contributed by atoms with Crippen LogP contribution in [0, 0.1) is 5.92 Å². The van der Waals surface area contributed by atoms with Gasteiger partial charge in [0.25, 0.3) is 11.7 Å². The standard InChI is InChI=1S/C14H19F2NO2S/c1-9(2)12(18)7-8-17-13(19)10-3-5-11(6-4-10)20-14(15)16/h3-6,9,12,14,18H,7-8H2,1-2H3,(H,17,19). The van der Waals surface area contributed by atoms with Gasteiger partial charge in [-0.05, 0) is 36.6 Å². The van der Waals surface area contributed by atoms with Gasteiger partial charge in [-0.2, -0.15) is 8.78 Å². The number of hydrogen-bond donors (Lipinski definition) is 2. The van der Waals surface area contributed by atoms with Crippen molar-refractivity contribution in [2.24, 2.45) is 5.92 Å². The summed E-state index contributed by atoms with van der Waals surface area (Å²) in [6.07, 6.45) is 0.0445. The number of carbonyl (C=O) groups is 1. The molecule has 0 bridgehead atoms. The van der Waals surface area contributed by atoms with Crippen molar-refractivity contribution in [3.05, 3.63) is 29.8 Å². The average molecular weight is 303 g/mol. The minimum atomic E-state index is -2.47. The summed E-state index contributed by atoms with van der Waals surface area (Å²) >= 11 is 0.446. The van der Waals surface area contributed by atoms with E-state index < -0.39 is 11.9 Å². The van der Waals surface area contributed by atoms with Gasteiger partial charge in [0.05, 0.1) is 6.10 Å². The van der Waals surface area contributed by atoms with Gasteiger partial charge < -0.3 is 10.4 Å². The van der Waals surface area contributed by atoms with Crippen molar-refractivity contribution >= 4 is 17.7 Å². The monoisotopic (exact) mass is 303 g/mol. The molecule has 0 heterocycles. The molecule has 1 aromatic carbocycles. The number of aliphatic hydroxyl groups excluding tert-OH is 1. The van der Waals surface area contributed by atoms with Crippen molar-refractivity contribution < 1.29 is 18.7 Å². The molecule has 1 aromatic rings. The highest BCUT2D eigenvalue weighted by molar-refractivity contribution is 7.99. The molecule has 0 aliphatic heterocycles. The van der Waals surface area contributed by atoms with Crippen LogP contribution in [0.3, 0.4) is 0 Å². The number of nitrogens with one attached hydrogen (secondary N) is 1. The molecule has 1 atom stereocenters. The number of alkyl halides is 2. The quantitative estimate of drug-likeness (QED) is 0.761. The summed E-state index contributed by atoms with van der Waals surface area (Å²) in [5.41, 5.74) is 0.419. The number of benzene rings is 1. The zero-order valence-corrected chi connectivity index (χ0v) is 12.3. The maximum atomic E-state index is 12.1. The Bertz CT molecular complexity index is 424. The Morgan fingerprint density at radius 1 is 1.30 bits per heavy atom. The van der Waals surface area contributed by atoms with Gasteiger partial charge in [0, 0.05) is 17.0 Å². The molecule has 112 valence electrons. The highest BCUT2D eigenvalue weighted by Gasteiger charge is 2.11. The fourth-order valence-corrected chi connectivity index (χ4v) is 2.06. The summed E-state index contributed by atoms with van der Waals surface area (Å²) in [7, 11) is 0. The third-order valence-corrected chi connectivity index (χ3v) is 3.56. The zero-order chi connectivity index (χ0) is 15.1. The van der Waals surface area contributed by atoms with E-state index in [1.807, 2.05) is 13.8 Å². The van der Waals surface area contributed by atoms with E-state index in [-0.39, 0.29) is 11.8 Å². The first-order chi connectivity index (χ1) is 9.40. The highest BCUT2D eigenvalue weighted by Crippen LogP contribution is 2.25. The lowest BCUT2D eigenvalue weighted by atomic mass is 10.0. The second-order valence-corrected chi connectivity index (χ2v) is 5.82. The van der Waals surface area contributed by atoms with Crippen molar-refractivity contribution in [1.82, 2.24) is 5.32 Å². The topological polar surface area (TPSA) is 49.3 Å². The third kappa shape index (κ3) is 5.88. The van der Waals surface area contributed by atoms with Crippen molar-refractivity contribution in [1.29, 1.82) is 0 Å². The number of amides is 1. The number of rotatable bonds is 7. The van der Waals surface area contributed by atoms with Crippen LogP contribution in [0.1, 0.15) is 30.6 Å². The maximum absolute atomic E-state index is 12.1. The Labute approximate surface area is 121 Å². The summed E-state index contributed by atoms with van der Waals surface area (Å²) < 4.78 is 24.3. The van der Waals surface area contributed by atoms with Crippen molar-refractivity contribution in [2.45, 2.75) is 37.0 Å². The molecule has 1 amide bonds. The van der Waals surface area contributed by atoms with Gasteiger partial charge in [0.15, 0.2) is 0 Å². The number of hydrogen-bond acceptors (Lipinski definition) is 3. The van der Waals surface area contributed by atoms with E-state index in [1.165, 1.54) is 24.3 Å². The predicted octanol–water partition coefficient (Wildman–Crippen LogP) is 3.14. The normalized spacial score (nSPS) is 12.8. The third-order valence-electron chi connectivity index (χ3n) is 2.84. The second kappa shape index (κ2) is 8.21. The molecule has 0 aliphatic rings. The van der Waals surface area contributed by atoms with E-state index in [9.17, 15) is 18.7 Å². The zero-order valence-electron chi connectivity index (χ0n) is 11.5. The molecular formula is C14H19F2NO2S. The van der Waals surface area contributed by atoms with Crippen LogP contribution in [0.15, 0.2) is 29.2 Å². The van der Waals surface area contributed by atoms with Crippen LogP contribution >= 0.6 is 11.8 Å². The lowest BCUT2D eigenvalue weighted by molar-refractivity contribution is 0.0920. The van der Waals surface area contributed by atoms with Gasteiger partial charge in [-0.15, -0.1) is 0 Å². The molecule has 1 rings (SSSR count). The van der Waals surface area contributed by atoms with Crippen LogP contribution in [-0.2, 0) is 0 Å². The van der Waals surface area contributed by atoms with Gasteiger partial charge in [-0.25, -0.2) is 0 Å². The van der Waals surface area contributed by atoms with Crippen LogP contribution in [0.5, 0.6) is 0 Å². The fraction of sp³-hybridized carbons (Fsp3) is 0.500. The summed E-state index contributed by atoms with van der Waals surface area (Å²) in [4.78, 5) is 12.2. The predicted molar refractivity (Wildman–Crippen MR) is 76.1 cm³/mol. The van der Waals surface area contributed by atoms with Crippen LogP contribution in [0.4, 0.5) is 8.78 Å². The largest absolute Gasteiger partial charge is 0.393 e. The molecule has 0 saturated carbocycles. The first-order valence-electron chi connectivity index (χ1n) is 6.41. The first-order valence-corrected chi connectivity index (χ1v) is 7.29. The van der Waals surface area contributed by atoms with Gasteiger partial charge in [0.1, 0.15) is 0 Å². The van der Waals surface area contributed by atoms with Crippen molar-refractivity contribution in [3.63, 3.8) is 0 Å². The molecule has 20 heavy (non-hydrogen) atoms. The van der Waals surface area contributed by atoms with Gasteiger partial charge in [-0.1, -0.05) is 25.6 Å². The van der Waals surface area contributed by atoms with Gasteiger partial charge in [-0.3, -0.25) is 4.79 Å². The van der Waals surface area contributed by atoms with E-state index >= 15 is 0 Å². The van der Waals surface area contributed by atoms with Crippen LogP contribution in [0.2, 0.25) is 0 Å². The van der Waals surface area contributed by atoms with E-state index in [0.29, 0.717) is 35.2 Å². The molecule has 0 aliphatic carbocycles. The van der Waals surface area contributed by atoms with E-state index in [4.69, 9.17) is 0 Å². The molecule has 6 heteroatoms. The molecular weight excluding hydrogens is 284 g/mol. The molecule has 0 aromatic heterocycles. The maximum Gasteiger partial charge on any atom is 0.288 e. The Kier molecular flexibility index (Phi) is 6.95. The molecule has 0 fully saturated rings. The number of carbonyl (C=O) groups excluding carboxylic acids is 1. The van der Waals surface area contributed by atoms with Gasteiger partial charge >= 0.3 is 0 Å². The average Bonchev–Trinajstić information content (AvgIpc) is 2.38. The highest BCUT2D eigenvalue weighted by atomic mass is 32.2. The Balaban J connectivity index is 2.43. The molecule has 1 unspecified atom stereocenters. The van der Waals surface area contributed by atoms with E-state index in [0.717, 1.165) is 0 Å². The van der Waals surface area contributed by atoms with Crippen molar-refractivity contribution in [2.75, 3.05) is 6.54 Å². The second-order valence-electron chi connectivity index (χ2n) is 4.76. The van der Waals surface area contributed by atoms with Crippen LogP contribution in [-0.4, -0.2) is 29.4 Å². The minimum absolute atomic E-state index is 0.151. The van der Waals surface area contributed by atoms with Crippen LogP contribution < -0.4 is 5.32 Å². The summed E-state index contributed by atoms with van der Waals surface area (Å²) in [5, 5.41) is 12.3. The van der Waals surface area contributed by atoms with Crippen molar-refractivity contribution in [3.8, 4) is 0 Å². The Morgan fingerprint density at radius 2 is 1.90 bits per heavy atom. The summed E-state index contributed by atoms with van der Waals surface area (Å²) in [6, 6.07) is 6.02. The number of aliphatic hydroxyl groups is 1. The lowest BCUT2D eigenvalue weighted by Crippen LogP contribution is -2.28. The Morgan fingerprint density at radius 3 is 2.40 bits per heavy atom. The SMILES string of the molecule is CC(C)C(O)CCNC(=O)c1ccc(SC(F)F)cc1.